The first-order chi connectivity index (χ1) is 17.9. The van der Waals surface area contributed by atoms with Gasteiger partial charge in [-0.15, -0.1) is 0 Å². The lowest BCUT2D eigenvalue weighted by Gasteiger charge is -2.35. The van der Waals surface area contributed by atoms with E-state index >= 15 is 0 Å². The number of hydrogen-bond donors (Lipinski definition) is 4. The minimum atomic E-state index is -0.861. The molecule has 1 aliphatic rings. The maximum Gasteiger partial charge on any atom is 0.304 e. The highest BCUT2D eigenvalue weighted by molar-refractivity contribution is 5.70. The minimum Gasteiger partial charge on any atom is -0.481 e. The fourth-order valence-corrected chi connectivity index (χ4v) is 4.36. The molecule has 3 heterocycles. The molecule has 0 atom stereocenters. The maximum atomic E-state index is 11.6. The first-order valence-corrected chi connectivity index (χ1v) is 11.6. The lowest BCUT2D eigenvalue weighted by atomic mass is 9.74. The molecular formula is C26H26N8O3. The number of carboxylic acids is 1. The molecule has 2 aromatic heterocycles. The van der Waals surface area contributed by atoms with E-state index in [0.29, 0.717) is 60.8 Å². The van der Waals surface area contributed by atoms with Gasteiger partial charge in [0.05, 0.1) is 41.7 Å². The molecule has 0 saturated carbocycles. The summed E-state index contributed by atoms with van der Waals surface area (Å²) in [4.78, 5) is 24.8. The normalized spacial score (nSPS) is 14.9. The van der Waals surface area contributed by atoms with E-state index in [0.717, 1.165) is 5.69 Å². The Morgan fingerprint density at radius 1 is 1.22 bits per heavy atom. The van der Waals surface area contributed by atoms with Gasteiger partial charge in [0.25, 0.3) is 0 Å². The summed E-state index contributed by atoms with van der Waals surface area (Å²) < 4.78 is 5.46. The van der Waals surface area contributed by atoms with Gasteiger partial charge in [0, 0.05) is 36.1 Å². The summed E-state index contributed by atoms with van der Waals surface area (Å²) in [6, 6.07) is 16.3. The van der Waals surface area contributed by atoms with Gasteiger partial charge >= 0.3 is 5.97 Å². The predicted octanol–water partition coefficient (Wildman–Crippen LogP) is 3.63. The van der Waals surface area contributed by atoms with E-state index in [1.54, 1.807) is 36.5 Å². The number of hydrogen-bond acceptors (Lipinski definition) is 10. The SMILES string of the molecule is N#Cc1cccc(-c2cc(/C(=C/NCc3cccc(C4(CC(=O)O)CCOCC4)n3)N=N)nc(N)n2)c1. The van der Waals surface area contributed by atoms with Gasteiger partial charge in [-0.2, -0.15) is 10.4 Å². The molecule has 1 saturated heterocycles. The van der Waals surface area contributed by atoms with Crippen LogP contribution < -0.4 is 11.1 Å². The molecule has 11 nitrogen and oxygen atoms in total. The van der Waals surface area contributed by atoms with Crippen LogP contribution in [0, 0.1) is 16.9 Å². The second-order valence-corrected chi connectivity index (χ2v) is 8.69. The van der Waals surface area contributed by atoms with Crippen molar-refractivity contribution in [1.82, 2.24) is 20.3 Å². The van der Waals surface area contributed by atoms with Gasteiger partial charge in [-0.1, -0.05) is 18.2 Å². The number of nitrogens with two attached hydrogens (primary N) is 1. The molecule has 0 aliphatic carbocycles. The van der Waals surface area contributed by atoms with Crippen LogP contribution in [-0.2, 0) is 21.5 Å². The fraction of sp³-hybridized carbons (Fsp3) is 0.269. The van der Waals surface area contributed by atoms with Crippen molar-refractivity contribution in [2.75, 3.05) is 18.9 Å². The second-order valence-electron chi connectivity index (χ2n) is 8.69. The lowest BCUT2D eigenvalue weighted by molar-refractivity contribution is -0.139. The van der Waals surface area contributed by atoms with Crippen molar-refractivity contribution in [3.63, 3.8) is 0 Å². The van der Waals surface area contributed by atoms with E-state index in [-0.39, 0.29) is 18.1 Å². The predicted molar refractivity (Wildman–Crippen MR) is 135 cm³/mol. The van der Waals surface area contributed by atoms with E-state index in [1.165, 1.54) is 0 Å². The highest BCUT2D eigenvalue weighted by Crippen LogP contribution is 2.37. The number of nitrogens with zero attached hydrogens (tertiary/aromatic N) is 5. The Hall–Kier alpha value is -4.69. The fourth-order valence-electron chi connectivity index (χ4n) is 4.36. The Bertz CT molecular complexity index is 1380. The molecule has 4 rings (SSSR count). The molecule has 0 bridgehead atoms. The van der Waals surface area contributed by atoms with Crippen molar-refractivity contribution in [3.05, 3.63) is 77.4 Å². The van der Waals surface area contributed by atoms with Gasteiger partial charge < -0.3 is 20.9 Å². The average Bonchev–Trinajstić information content (AvgIpc) is 2.91. The zero-order chi connectivity index (χ0) is 26.3. The summed E-state index contributed by atoms with van der Waals surface area (Å²) in [6.45, 7) is 1.32. The van der Waals surface area contributed by atoms with Crippen LogP contribution in [0.3, 0.4) is 0 Å². The van der Waals surface area contributed by atoms with Crippen LogP contribution in [0.5, 0.6) is 0 Å². The monoisotopic (exact) mass is 498 g/mol. The zero-order valence-corrected chi connectivity index (χ0v) is 20.0. The number of carbonyl (C=O) groups is 1. The number of anilines is 1. The second kappa shape index (κ2) is 11.4. The van der Waals surface area contributed by atoms with Crippen molar-refractivity contribution in [2.24, 2.45) is 5.11 Å². The summed E-state index contributed by atoms with van der Waals surface area (Å²) in [5, 5.41) is 25.4. The molecule has 0 unspecified atom stereocenters. The third-order valence-electron chi connectivity index (χ3n) is 6.23. The number of nitrogens with one attached hydrogen (secondary N) is 2. The van der Waals surface area contributed by atoms with Gasteiger partial charge in [-0.05, 0) is 43.2 Å². The van der Waals surface area contributed by atoms with Gasteiger partial charge in [0.2, 0.25) is 5.95 Å². The van der Waals surface area contributed by atoms with Crippen LogP contribution in [0.4, 0.5) is 5.95 Å². The third kappa shape index (κ3) is 6.12. The summed E-state index contributed by atoms with van der Waals surface area (Å²) >= 11 is 0. The van der Waals surface area contributed by atoms with Crippen molar-refractivity contribution in [2.45, 2.75) is 31.2 Å². The molecule has 0 spiro atoms. The number of nitrogen functional groups attached to an aromatic ring is 1. The van der Waals surface area contributed by atoms with Gasteiger partial charge in [0.15, 0.2) is 0 Å². The molecule has 11 heteroatoms. The molecular weight excluding hydrogens is 472 g/mol. The number of carboxylic acid groups (broad SMARTS) is 1. The van der Waals surface area contributed by atoms with E-state index in [1.807, 2.05) is 18.2 Å². The number of nitriles is 1. The standard InChI is InChI=1S/C26H26N8O3/c27-14-17-3-1-4-18(11-17)20-12-21(33-25(28)32-20)22(34-29)16-30-15-19-5-2-6-23(31-19)26(13-24(35)36)7-9-37-10-8-26/h1-6,11-12,16,29-30H,7-10,13,15H2,(H,35,36)(H2,28,32,33)/b22-16-,34-29?. The van der Waals surface area contributed by atoms with Gasteiger partial charge in [-0.25, -0.2) is 15.5 Å². The minimum absolute atomic E-state index is 0.00322. The van der Waals surface area contributed by atoms with E-state index in [9.17, 15) is 15.2 Å². The molecule has 1 aliphatic heterocycles. The Balaban J connectivity index is 1.54. The van der Waals surface area contributed by atoms with Crippen LogP contribution in [0.2, 0.25) is 0 Å². The first kappa shape index (κ1) is 25.4. The van der Waals surface area contributed by atoms with Gasteiger partial charge in [-0.3, -0.25) is 9.78 Å². The quantitative estimate of drug-likeness (QED) is 0.320. The molecule has 1 fully saturated rings. The van der Waals surface area contributed by atoms with Crippen LogP contribution in [0.1, 0.15) is 41.9 Å². The van der Waals surface area contributed by atoms with Crippen LogP contribution in [0.15, 0.2) is 59.8 Å². The van der Waals surface area contributed by atoms with Crippen LogP contribution in [0.25, 0.3) is 17.0 Å². The van der Waals surface area contributed by atoms with Crippen molar-refractivity contribution in [3.8, 4) is 17.3 Å². The number of aliphatic carboxylic acids is 1. The third-order valence-corrected chi connectivity index (χ3v) is 6.23. The highest BCUT2D eigenvalue weighted by Gasteiger charge is 2.38. The van der Waals surface area contributed by atoms with E-state index in [4.69, 9.17) is 21.0 Å². The van der Waals surface area contributed by atoms with Crippen molar-refractivity contribution >= 4 is 17.6 Å². The molecule has 188 valence electrons. The largest absolute Gasteiger partial charge is 0.481 e. The molecule has 37 heavy (non-hydrogen) atoms. The number of rotatable bonds is 9. The number of aromatic nitrogens is 3. The first-order valence-electron chi connectivity index (χ1n) is 11.6. The van der Waals surface area contributed by atoms with Crippen molar-refractivity contribution < 1.29 is 14.6 Å². The van der Waals surface area contributed by atoms with E-state index in [2.05, 4.69) is 26.5 Å². The lowest BCUT2D eigenvalue weighted by Crippen LogP contribution is -2.37. The van der Waals surface area contributed by atoms with Crippen LogP contribution >= 0.6 is 0 Å². The van der Waals surface area contributed by atoms with Crippen molar-refractivity contribution in [1.29, 1.82) is 10.8 Å². The summed E-state index contributed by atoms with van der Waals surface area (Å²) in [5.74, 6) is -0.848. The average molecular weight is 499 g/mol. The Morgan fingerprint density at radius 3 is 2.73 bits per heavy atom. The summed E-state index contributed by atoms with van der Waals surface area (Å²) in [5.41, 5.74) is 16.7. The van der Waals surface area contributed by atoms with Crippen LogP contribution in [-0.4, -0.2) is 39.2 Å². The Labute approximate surface area is 213 Å². The Morgan fingerprint density at radius 2 is 2.00 bits per heavy atom. The number of pyridine rings is 1. The summed E-state index contributed by atoms with van der Waals surface area (Å²) in [7, 11) is 0. The molecule has 5 N–H and O–H groups in total. The summed E-state index contributed by atoms with van der Waals surface area (Å²) in [6.07, 6.45) is 2.73. The molecule has 3 aromatic rings. The maximum absolute atomic E-state index is 11.6. The topological polar surface area (TPSA) is 183 Å². The molecule has 1 aromatic carbocycles. The number of benzene rings is 1. The molecule has 0 radical (unpaired) electrons. The van der Waals surface area contributed by atoms with E-state index < -0.39 is 11.4 Å². The zero-order valence-electron chi connectivity index (χ0n) is 20.0. The Kier molecular flexibility index (Phi) is 7.80. The smallest absolute Gasteiger partial charge is 0.304 e. The molecule has 0 amide bonds. The van der Waals surface area contributed by atoms with Gasteiger partial charge in [0.1, 0.15) is 5.70 Å². The highest BCUT2D eigenvalue weighted by atomic mass is 16.5. The number of ether oxygens (including phenoxy) is 1.